The highest BCUT2D eigenvalue weighted by Crippen LogP contribution is 2.27. The summed E-state index contributed by atoms with van der Waals surface area (Å²) in [5, 5.41) is 9.11. The quantitative estimate of drug-likeness (QED) is 0.361. The Bertz CT molecular complexity index is 757. The summed E-state index contributed by atoms with van der Waals surface area (Å²) < 4.78 is 1.87. The van der Waals surface area contributed by atoms with E-state index in [-0.39, 0.29) is 24.0 Å². The Labute approximate surface area is 188 Å². The van der Waals surface area contributed by atoms with Crippen molar-refractivity contribution in [2.45, 2.75) is 25.7 Å². The number of rotatable bonds is 5. The van der Waals surface area contributed by atoms with Crippen LogP contribution in [0.15, 0.2) is 35.6 Å². The summed E-state index contributed by atoms with van der Waals surface area (Å²) in [4.78, 5) is 7.13. The Hall–Kier alpha value is -0.990. The molecule has 1 aromatic carbocycles. The molecule has 2 heterocycles. The van der Waals surface area contributed by atoms with Crippen LogP contribution in [0.4, 0.5) is 0 Å². The zero-order valence-corrected chi connectivity index (χ0v) is 19.5. The van der Waals surface area contributed by atoms with Crippen molar-refractivity contribution in [1.82, 2.24) is 20.0 Å². The summed E-state index contributed by atoms with van der Waals surface area (Å²) in [6.07, 6.45) is 5.93. The van der Waals surface area contributed by atoms with E-state index >= 15 is 0 Å². The van der Waals surface area contributed by atoms with Gasteiger partial charge in [0.2, 0.25) is 0 Å². The maximum Gasteiger partial charge on any atom is 0.193 e. The third kappa shape index (κ3) is 5.74. The van der Waals surface area contributed by atoms with E-state index in [9.17, 15) is 0 Å². The van der Waals surface area contributed by atoms with Gasteiger partial charge in [0.25, 0.3) is 0 Å². The number of likely N-dealkylation sites (tertiary alicyclic amines) is 1. The molecule has 0 aliphatic carbocycles. The number of aliphatic imine (C=N–C) groups is 1. The lowest BCUT2D eigenvalue weighted by molar-refractivity contribution is 0.486. The molecule has 1 aromatic heterocycles. The monoisotopic (exact) mass is 521 g/mol. The number of aryl methyl sites for hydroxylation is 1. The molecule has 0 bridgehead atoms. The summed E-state index contributed by atoms with van der Waals surface area (Å²) in [6, 6.07) is 5.61. The highest BCUT2D eigenvalue weighted by molar-refractivity contribution is 14.0. The van der Waals surface area contributed by atoms with Gasteiger partial charge in [-0.1, -0.05) is 29.3 Å². The Balaban J connectivity index is 0.00000261. The molecule has 8 heteroatoms. The van der Waals surface area contributed by atoms with Gasteiger partial charge >= 0.3 is 0 Å². The lowest BCUT2D eigenvalue weighted by atomic mass is 10.0. The third-order valence-corrected chi connectivity index (χ3v) is 5.41. The van der Waals surface area contributed by atoms with E-state index in [4.69, 9.17) is 28.2 Å². The van der Waals surface area contributed by atoms with Gasteiger partial charge < -0.3 is 10.2 Å². The van der Waals surface area contributed by atoms with Crippen molar-refractivity contribution in [2.24, 2.45) is 12.0 Å². The molecule has 1 N–H and O–H groups in total. The fraction of sp³-hybridized carbons (Fsp3) is 0.474. The summed E-state index contributed by atoms with van der Waals surface area (Å²) in [6.45, 7) is 5.55. The molecule has 27 heavy (non-hydrogen) atoms. The van der Waals surface area contributed by atoms with Gasteiger partial charge in [-0.25, -0.2) is 0 Å². The molecule has 0 amide bonds. The Morgan fingerprint density at radius 2 is 2.07 bits per heavy atom. The number of nitrogens with one attached hydrogen (secondary N) is 1. The molecule has 1 atom stereocenters. The predicted octanol–water partition coefficient (Wildman–Crippen LogP) is 4.34. The standard InChI is InChI=1S/C19H25Cl2N5.HI/c1-3-22-19(23-9-7-16-17(20)5-4-6-18(16)21)26-10-8-14(13-26)15-11-24-25(2)12-15;/h4-6,11-12,14H,3,7-10,13H2,1-2H3,(H,22,23);1H. The molecule has 1 aliphatic heterocycles. The first kappa shape index (κ1) is 22.3. The second-order valence-corrected chi connectivity index (χ2v) is 7.38. The minimum Gasteiger partial charge on any atom is -0.357 e. The zero-order chi connectivity index (χ0) is 18.5. The molecule has 2 aromatic rings. The van der Waals surface area contributed by atoms with Crippen molar-refractivity contribution in [3.05, 3.63) is 51.8 Å². The minimum atomic E-state index is 0. The smallest absolute Gasteiger partial charge is 0.193 e. The van der Waals surface area contributed by atoms with Crippen LogP contribution < -0.4 is 5.32 Å². The van der Waals surface area contributed by atoms with Gasteiger partial charge in [0.15, 0.2) is 5.96 Å². The first-order valence-electron chi connectivity index (χ1n) is 9.03. The van der Waals surface area contributed by atoms with Crippen molar-refractivity contribution in [2.75, 3.05) is 26.2 Å². The first-order valence-corrected chi connectivity index (χ1v) is 9.78. The van der Waals surface area contributed by atoms with E-state index in [0.717, 1.165) is 44.0 Å². The van der Waals surface area contributed by atoms with E-state index in [1.807, 2.05) is 36.1 Å². The molecule has 5 nitrogen and oxygen atoms in total. The molecular formula is C19H26Cl2IN5. The van der Waals surface area contributed by atoms with Crippen molar-refractivity contribution >= 4 is 53.1 Å². The fourth-order valence-corrected chi connectivity index (χ4v) is 3.93. The number of guanidine groups is 1. The van der Waals surface area contributed by atoms with Gasteiger partial charge in [0, 0.05) is 55.4 Å². The average Bonchev–Trinajstić information content (AvgIpc) is 3.25. The van der Waals surface area contributed by atoms with Crippen LogP contribution in [-0.2, 0) is 13.5 Å². The molecule has 1 unspecified atom stereocenters. The van der Waals surface area contributed by atoms with E-state index in [1.165, 1.54) is 5.56 Å². The average molecular weight is 522 g/mol. The molecule has 0 saturated carbocycles. The van der Waals surface area contributed by atoms with Gasteiger partial charge in [-0.3, -0.25) is 9.67 Å². The zero-order valence-electron chi connectivity index (χ0n) is 15.7. The second kappa shape index (κ2) is 10.5. The summed E-state index contributed by atoms with van der Waals surface area (Å²) >= 11 is 12.5. The van der Waals surface area contributed by atoms with Gasteiger partial charge in [-0.05, 0) is 43.0 Å². The van der Waals surface area contributed by atoms with E-state index < -0.39 is 0 Å². The van der Waals surface area contributed by atoms with Crippen LogP contribution in [-0.4, -0.2) is 46.8 Å². The van der Waals surface area contributed by atoms with Crippen molar-refractivity contribution < 1.29 is 0 Å². The Kier molecular flexibility index (Phi) is 8.69. The van der Waals surface area contributed by atoms with Crippen molar-refractivity contribution in [3.63, 3.8) is 0 Å². The SMILES string of the molecule is CCNC(=NCCc1c(Cl)cccc1Cl)N1CCC(c2cnn(C)c2)C1.I. The van der Waals surface area contributed by atoms with Crippen LogP contribution in [0, 0.1) is 0 Å². The van der Waals surface area contributed by atoms with Crippen molar-refractivity contribution in [3.8, 4) is 0 Å². The lowest BCUT2D eigenvalue weighted by Crippen LogP contribution is -2.40. The third-order valence-electron chi connectivity index (χ3n) is 4.70. The van der Waals surface area contributed by atoms with E-state index in [1.54, 1.807) is 0 Å². The van der Waals surface area contributed by atoms with Crippen LogP contribution in [0.1, 0.15) is 30.4 Å². The van der Waals surface area contributed by atoms with Crippen LogP contribution in [0.5, 0.6) is 0 Å². The number of benzene rings is 1. The maximum absolute atomic E-state index is 6.26. The highest BCUT2D eigenvalue weighted by atomic mass is 127. The molecular weight excluding hydrogens is 496 g/mol. The number of hydrogen-bond acceptors (Lipinski definition) is 2. The summed E-state index contributed by atoms with van der Waals surface area (Å²) in [5.74, 6) is 1.47. The van der Waals surface area contributed by atoms with Crippen LogP contribution in [0.2, 0.25) is 10.0 Å². The van der Waals surface area contributed by atoms with E-state index in [2.05, 4.69) is 28.4 Å². The normalized spacial score (nSPS) is 17.1. The summed E-state index contributed by atoms with van der Waals surface area (Å²) in [7, 11) is 1.96. The van der Waals surface area contributed by atoms with Gasteiger partial charge in [-0.15, -0.1) is 24.0 Å². The highest BCUT2D eigenvalue weighted by Gasteiger charge is 2.26. The number of hydrogen-bond donors (Lipinski definition) is 1. The van der Waals surface area contributed by atoms with Gasteiger partial charge in [-0.2, -0.15) is 5.10 Å². The topological polar surface area (TPSA) is 45.5 Å². The molecule has 3 rings (SSSR count). The lowest BCUT2D eigenvalue weighted by Gasteiger charge is -2.21. The molecule has 1 fully saturated rings. The molecule has 1 saturated heterocycles. The summed E-state index contributed by atoms with van der Waals surface area (Å²) in [5.41, 5.74) is 2.26. The van der Waals surface area contributed by atoms with E-state index in [0.29, 0.717) is 22.5 Å². The molecule has 1 aliphatic rings. The molecule has 0 radical (unpaired) electrons. The number of nitrogens with zero attached hydrogens (tertiary/aromatic N) is 4. The first-order chi connectivity index (χ1) is 12.6. The number of halogens is 3. The maximum atomic E-state index is 6.26. The fourth-order valence-electron chi connectivity index (χ4n) is 3.35. The second-order valence-electron chi connectivity index (χ2n) is 6.56. The Morgan fingerprint density at radius 1 is 1.33 bits per heavy atom. The van der Waals surface area contributed by atoms with Crippen molar-refractivity contribution in [1.29, 1.82) is 0 Å². The number of aromatic nitrogens is 2. The molecule has 148 valence electrons. The molecule has 0 spiro atoms. The minimum absolute atomic E-state index is 0. The van der Waals surface area contributed by atoms with Gasteiger partial charge in [0.1, 0.15) is 0 Å². The van der Waals surface area contributed by atoms with Crippen LogP contribution in [0.3, 0.4) is 0 Å². The Morgan fingerprint density at radius 3 is 2.70 bits per heavy atom. The largest absolute Gasteiger partial charge is 0.357 e. The van der Waals surface area contributed by atoms with Gasteiger partial charge in [0.05, 0.1) is 6.20 Å². The van der Waals surface area contributed by atoms with Crippen LogP contribution in [0.25, 0.3) is 0 Å². The van der Waals surface area contributed by atoms with Crippen LogP contribution >= 0.6 is 47.2 Å². The predicted molar refractivity (Wildman–Crippen MR) is 124 cm³/mol.